The van der Waals surface area contributed by atoms with Crippen LogP contribution >= 0.6 is 23.7 Å². The summed E-state index contributed by atoms with van der Waals surface area (Å²) in [7, 11) is 0. The minimum Gasteiger partial charge on any atom is -0.384 e. The van der Waals surface area contributed by atoms with Crippen LogP contribution in [0.15, 0.2) is 90.6 Å². The third kappa shape index (κ3) is 4.36. The molecule has 0 spiro atoms. The number of aromatic nitrogens is 2. The molecule has 2 N–H and O–H groups in total. The molecule has 0 aliphatic heterocycles. The van der Waals surface area contributed by atoms with Gasteiger partial charge in [-0.25, -0.2) is 4.98 Å². The summed E-state index contributed by atoms with van der Waals surface area (Å²) in [6, 6.07) is 24.0. The third-order valence-electron chi connectivity index (χ3n) is 5.39. The second-order valence-corrected chi connectivity index (χ2v) is 8.33. The molecule has 0 amide bonds. The van der Waals surface area contributed by atoms with Gasteiger partial charge in [0.2, 0.25) is 0 Å². The van der Waals surface area contributed by atoms with E-state index in [9.17, 15) is 5.11 Å². The Hall–Kier alpha value is -3.25. The van der Waals surface area contributed by atoms with Gasteiger partial charge >= 0.3 is 0 Å². The SMILES string of the molecule is Cc1ccc(Nc2ccnc3cc(-c4nccs4)ccc23)cc1C(O)c1ccccc1.Cl. The van der Waals surface area contributed by atoms with Crippen LogP contribution in [-0.4, -0.2) is 15.1 Å². The van der Waals surface area contributed by atoms with Crippen LogP contribution in [-0.2, 0) is 0 Å². The number of aliphatic hydroxyl groups excluding tert-OH is 1. The lowest BCUT2D eigenvalue weighted by Crippen LogP contribution is -2.03. The molecule has 4 nitrogen and oxygen atoms in total. The molecule has 5 aromatic rings. The van der Waals surface area contributed by atoms with Gasteiger partial charge < -0.3 is 10.4 Å². The highest BCUT2D eigenvalue weighted by molar-refractivity contribution is 7.13. The van der Waals surface area contributed by atoms with Crippen LogP contribution in [0.4, 0.5) is 11.4 Å². The van der Waals surface area contributed by atoms with Crippen molar-refractivity contribution in [2.24, 2.45) is 0 Å². The molecule has 1 unspecified atom stereocenters. The van der Waals surface area contributed by atoms with Gasteiger partial charge in [-0.1, -0.05) is 48.5 Å². The summed E-state index contributed by atoms with van der Waals surface area (Å²) in [4.78, 5) is 8.94. The lowest BCUT2D eigenvalue weighted by atomic mass is 9.97. The van der Waals surface area contributed by atoms with Crippen LogP contribution in [0.2, 0.25) is 0 Å². The number of nitrogens with zero attached hydrogens (tertiary/aromatic N) is 2. The van der Waals surface area contributed by atoms with Crippen LogP contribution in [0, 0.1) is 6.92 Å². The number of pyridine rings is 1. The number of hydrogen-bond acceptors (Lipinski definition) is 5. The highest BCUT2D eigenvalue weighted by Gasteiger charge is 2.14. The van der Waals surface area contributed by atoms with E-state index in [0.717, 1.165) is 49.5 Å². The predicted octanol–water partition coefficient (Wildman–Crippen LogP) is 6.91. The molecule has 5 rings (SSSR count). The van der Waals surface area contributed by atoms with Crippen molar-refractivity contribution < 1.29 is 5.11 Å². The fraction of sp³-hybridized carbons (Fsp3) is 0.0769. The minimum atomic E-state index is -0.669. The number of aliphatic hydroxyl groups is 1. The van der Waals surface area contributed by atoms with Crippen molar-refractivity contribution in [1.82, 2.24) is 9.97 Å². The molecular weight excluding hydrogens is 438 g/mol. The van der Waals surface area contributed by atoms with E-state index in [2.05, 4.69) is 33.5 Å². The normalized spacial score (nSPS) is 11.7. The molecule has 0 saturated carbocycles. The average molecular weight is 460 g/mol. The van der Waals surface area contributed by atoms with Crippen molar-refractivity contribution >= 4 is 46.0 Å². The van der Waals surface area contributed by atoms with E-state index in [4.69, 9.17) is 0 Å². The fourth-order valence-corrected chi connectivity index (χ4v) is 4.37. The van der Waals surface area contributed by atoms with E-state index in [-0.39, 0.29) is 12.4 Å². The number of aryl methyl sites for hydroxylation is 1. The number of benzene rings is 3. The Morgan fingerprint density at radius 1 is 0.906 bits per heavy atom. The summed E-state index contributed by atoms with van der Waals surface area (Å²) in [6.07, 6.45) is 2.96. The van der Waals surface area contributed by atoms with Crippen LogP contribution < -0.4 is 5.32 Å². The van der Waals surface area contributed by atoms with Crippen molar-refractivity contribution in [1.29, 1.82) is 0 Å². The number of thiazole rings is 1. The summed E-state index contributed by atoms with van der Waals surface area (Å²) < 4.78 is 0. The number of halogens is 1. The number of rotatable bonds is 5. The first-order chi connectivity index (χ1) is 15.2. The van der Waals surface area contributed by atoms with Crippen LogP contribution in [0.1, 0.15) is 22.8 Å². The molecule has 0 fully saturated rings. The van der Waals surface area contributed by atoms with Gasteiger partial charge in [0, 0.05) is 40.1 Å². The Morgan fingerprint density at radius 3 is 2.53 bits per heavy atom. The zero-order valence-corrected chi connectivity index (χ0v) is 19.0. The molecular formula is C26H22ClN3OS. The van der Waals surface area contributed by atoms with Crippen molar-refractivity contribution in [3.8, 4) is 10.6 Å². The van der Waals surface area contributed by atoms with E-state index in [0.29, 0.717) is 0 Å². The quantitative estimate of drug-likeness (QED) is 0.299. The maximum atomic E-state index is 10.9. The zero-order valence-electron chi connectivity index (χ0n) is 17.4. The van der Waals surface area contributed by atoms with Crippen molar-refractivity contribution in [3.63, 3.8) is 0 Å². The number of nitrogens with one attached hydrogen (secondary N) is 1. The maximum absolute atomic E-state index is 10.9. The second-order valence-electron chi connectivity index (χ2n) is 7.44. The second kappa shape index (κ2) is 9.49. The Bertz CT molecular complexity index is 1340. The summed E-state index contributed by atoms with van der Waals surface area (Å²) in [5, 5.41) is 18.4. The van der Waals surface area contributed by atoms with Crippen LogP contribution in [0.5, 0.6) is 0 Å². The highest BCUT2D eigenvalue weighted by Crippen LogP contribution is 2.32. The van der Waals surface area contributed by atoms with Gasteiger partial charge in [0.15, 0.2) is 0 Å². The molecule has 160 valence electrons. The fourth-order valence-electron chi connectivity index (χ4n) is 3.74. The number of hydrogen-bond donors (Lipinski definition) is 2. The van der Waals surface area contributed by atoms with Gasteiger partial charge in [0.1, 0.15) is 11.1 Å². The molecule has 3 aromatic carbocycles. The van der Waals surface area contributed by atoms with Gasteiger partial charge in [0.25, 0.3) is 0 Å². The summed E-state index contributed by atoms with van der Waals surface area (Å²) in [5.74, 6) is 0. The Labute approximate surface area is 197 Å². The topological polar surface area (TPSA) is 58.0 Å². The lowest BCUT2D eigenvalue weighted by Gasteiger charge is -2.17. The average Bonchev–Trinajstić information content (AvgIpc) is 3.35. The van der Waals surface area contributed by atoms with E-state index in [1.165, 1.54) is 0 Å². The van der Waals surface area contributed by atoms with Gasteiger partial charge in [0.05, 0.1) is 5.52 Å². The first kappa shape index (κ1) is 22.0. The molecule has 0 bridgehead atoms. The van der Waals surface area contributed by atoms with Gasteiger partial charge in [-0.05, 0) is 47.9 Å². The Morgan fingerprint density at radius 2 is 1.75 bits per heavy atom. The lowest BCUT2D eigenvalue weighted by molar-refractivity contribution is 0.219. The van der Waals surface area contributed by atoms with Crippen LogP contribution in [0.25, 0.3) is 21.5 Å². The molecule has 2 heterocycles. The molecule has 0 aliphatic rings. The molecule has 32 heavy (non-hydrogen) atoms. The molecule has 2 aromatic heterocycles. The standard InChI is InChI=1S/C26H21N3OS.ClH/c1-17-7-9-20(16-22(17)25(30)18-5-3-2-4-6-18)29-23-11-12-27-24-15-19(8-10-21(23)24)26-28-13-14-31-26;/h2-16,25,30H,1H3,(H,27,29);1H. The molecule has 0 radical (unpaired) electrons. The number of anilines is 2. The van der Waals surface area contributed by atoms with E-state index >= 15 is 0 Å². The first-order valence-electron chi connectivity index (χ1n) is 10.1. The Kier molecular flexibility index (Phi) is 6.51. The van der Waals surface area contributed by atoms with E-state index in [1.807, 2.05) is 79.3 Å². The summed E-state index contributed by atoms with van der Waals surface area (Å²) in [5.41, 5.74) is 6.69. The van der Waals surface area contributed by atoms with Crippen molar-refractivity contribution in [3.05, 3.63) is 107 Å². The largest absolute Gasteiger partial charge is 0.384 e. The van der Waals surface area contributed by atoms with E-state index in [1.54, 1.807) is 11.3 Å². The van der Waals surface area contributed by atoms with Gasteiger partial charge in [-0.3, -0.25) is 4.98 Å². The predicted molar refractivity (Wildman–Crippen MR) is 135 cm³/mol. The molecule has 0 aliphatic carbocycles. The first-order valence-corrected chi connectivity index (χ1v) is 11.0. The Balaban J connectivity index is 0.00000245. The van der Waals surface area contributed by atoms with E-state index < -0.39 is 6.10 Å². The molecule has 0 saturated heterocycles. The third-order valence-corrected chi connectivity index (χ3v) is 6.21. The monoisotopic (exact) mass is 459 g/mol. The minimum absolute atomic E-state index is 0. The smallest absolute Gasteiger partial charge is 0.123 e. The van der Waals surface area contributed by atoms with Crippen molar-refractivity contribution in [2.45, 2.75) is 13.0 Å². The summed E-state index contributed by atoms with van der Waals surface area (Å²) in [6.45, 7) is 2.02. The zero-order chi connectivity index (χ0) is 21.2. The molecule has 1 atom stereocenters. The number of fused-ring (bicyclic) bond motifs is 1. The summed E-state index contributed by atoms with van der Waals surface area (Å²) >= 11 is 1.62. The van der Waals surface area contributed by atoms with Gasteiger partial charge in [-0.2, -0.15) is 0 Å². The van der Waals surface area contributed by atoms with Crippen molar-refractivity contribution in [2.75, 3.05) is 5.32 Å². The maximum Gasteiger partial charge on any atom is 0.123 e. The van der Waals surface area contributed by atoms with Gasteiger partial charge in [-0.15, -0.1) is 23.7 Å². The highest BCUT2D eigenvalue weighted by atomic mass is 35.5. The molecule has 6 heteroatoms. The van der Waals surface area contributed by atoms with Crippen LogP contribution in [0.3, 0.4) is 0 Å².